The first-order chi connectivity index (χ1) is 15.4. The van der Waals surface area contributed by atoms with Crippen molar-refractivity contribution in [3.05, 3.63) is 58.1 Å². The molecule has 2 aromatic rings. The van der Waals surface area contributed by atoms with Crippen LogP contribution in [0, 0.1) is 5.41 Å². The lowest BCUT2D eigenvalue weighted by atomic mass is 9.84. The van der Waals surface area contributed by atoms with Crippen LogP contribution in [0.2, 0.25) is 5.02 Å². The van der Waals surface area contributed by atoms with Crippen LogP contribution in [0.3, 0.4) is 0 Å². The highest BCUT2D eigenvalue weighted by Gasteiger charge is 2.28. The second-order valence-electron chi connectivity index (χ2n) is 9.41. The molecular formula is C27H34ClN3O. The van der Waals surface area contributed by atoms with Gasteiger partial charge in [0, 0.05) is 54.3 Å². The quantitative estimate of drug-likeness (QED) is 0.515. The van der Waals surface area contributed by atoms with E-state index in [1.165, 1.54) is 24.1 Å². The topological polar surface area (TPSA) is 44.7 Å². The van der Waals surface area contributed by atoms with Gasteiger partial charge in [0.15, 0.2) is 0 Å². The van der Waals surface area contributed by atoms with Crippen LogP contribution in [-0.2, 0) is 24.2 Å². The van der Waals surface area contributed by atoms with Crippen molar-refractivity contribution in [2.24, 2.45) is 10.4 Å². The van der Waals surface area contributed by atoms with Crippen LogP contribution >= 0.6 is 11.6 Å². The van der Waals surface area contributed by atoms with E-state index in [4.69, 9.17) is 16.6 Å². The second kappa shape index (κ2) is 9.66. The summed E-state index contributed by atoms with van der Waals surface area (Å²) in [6.45, 7) is 8.97. The van der Waals surface area contributed by atoms with E-state index < -0.39 is 0 Å². The largest absolute Gasteiger partial charge is 0.371 e. The van der Waals surface area contributed by atoms with Crippen LogP contribution in [0.15, 0.2) is 41.4 Å². The van der Waals surface area contributed by atoms with Crippen molar-refractivity contribution in [2.75, 3.05) is 18.0 Å². The van der Waals surface area contributed by atoms with Gasteiger partial charge in [-0.15, -0.1) is 0 Å². The SMILES string of the molecule is CCC(C)(CC)C(=O)NCc1ccc(Cl)c(CC2=Nc3cc(N4CCCC4)ccc3C2)c1. The van der Waals surface area contributed by atoms with Crippen molar-refractivity contribution in [1.82, 2.24) is 5.32 Å². The molecule has 0 bridgehead atoms. The van der Waals surface area contributed by atoms with Crippen LogP contribution in [0.4, 0.5) is 11.4 Å². The number of carbonyl (C=O) groups is 1. The summed E-state index contributed by atoms with van der Waals surface area (Å²) < 4.78 is 0. The van der Waals surface area contributed by atoms with Gasteiger partial charge in [-0.2, -0.15) is 0 Å². The van der Waals surface area contributed by atoms with E-state index in [1.807, 2.05) is 19.1 Å². The Morgan fingerprint density at radius 3 is 2.59 bits per heavy atom. The predicted molar refractivity (Wildman–Crippen MR) is 134 cm³/mol. The van der Waals surface area contributed by atoms with E-state index in [2.05, 4.69) is 48.3 Å². The number of anilines is 1. The van der Waals surface area contributed by atoms with E-state index >= 15 is 0 Å². The third-order valence-corrected chi connectivity index (χ3v) is 7.65. The van der Waals surface area contributed by atoms with E-state index in [-0.39, 0.29) is 11.3 Å². The van der Waals surface area contributed by atoms with Gasteiger partial charge < -0.3 is 10.2 Å². The Bertz CT molecular complexity index is 1020. The molecule has 0 saturated carbocycles. The Hall–Kier alpha value is -2.33. The molecule has 1 fully saturated rings. The summed E-state index contributed by atoms with van der Waals surface area (Å²) in [5, 5.41) is 3.87. The smallest absolute Gasteiger partial charge is 0.226 e. The molecule has 0 spiro atoms. The van der Waals surface area contributed by atoms with Gasteiger partial charge in [-0.25, -0.2) is 0 Å². The lowest BCUT2D eigenvalue weighted by Gasteiger charge is -2.25. The van der Waals surface area contributed by atoms with Crippen molar-refractivity contribution in [3.63, 3.8) is 0 Å². The summed E-state index contributed by atoms with van der Waals surface area (Å²) in [5.74, 6) is 0.114. The molecule has 170 valence electrons. The number of fused-ring (bicyclic) bond motifs is 1. The third kappa shape index (κ3) is 4.85. The number of rotatable bonds is 8. The average Bonchev–Trinajstić information content (AvgIpc) is 3.48. The lowest BCUT2D eigenvalue weighted by molar-refractivity contribution is -0.130. The van der Waals surface area contributed by atoms with Gasteiger partial charge in [0.2, 0.25) is 5.91 Å². The van der Waals surface area contributed by atoms with Crippen LogP contribution < -0.4 is 10.2 Å². The van der Waals surface area contributed by atoms with Crippen LogP contribution in [0.1, 0.15) is 63.1 Å². The summed E-state index contributed by atoms with van der Waals surface area (Å²) >= 11 is 6.53. The first-order valence-corrected chi connectivity index (χ1v) is 12.3. The molecule has 2 heterocycles. The van der Waals surface area contributed by atoms with E-state index in [1.54, 1.807) is 0 Å². The van der Waals surface area contributed by atoms with Gasteiger partial charge in [0.1, 0.15) is 0 Å². The van der Waals surface area contributed by atoms with Crippen molar-refractivity contribution in [2.45, 2.75) is 65.8 Å². The minimum absolute atomic E-state index is 0.114. The highest BCUT2D eigenvalue weighted by Crippen LogP contribution is 2.34. The van der Waals surface area contributed by atoms with Gasteiger partial charge in [0.05, 0.1) is 5.69 Å². The van der Waals surface area contributed by atoms with Crippen molar-refractivity contribution in [1.29, 1.82) is 0 Å². The van der Waals surface area contributed by atoms with Crippen LogP contribution in [0.25, 0.3) is 0 Å². The van der Waals surface area contributed by atoms with Crippen molar-refractivity contribution < 1.29 is 4.79 Å². The molecule has 0 unspecified atom stereocenters. The van der Waals surface area contributed by atoms with E-state index in [0.717, 1.165) is 66.3 Å². The lowest BCUT2D eigenvalue weighted by Crippen LogP contribution is -2.37. The molecule has 1 saturated heterocycles. The van der Waals surface area contributed by atoms with Crippen LogP contribution in [-0.4, -0.2) is 24.7 Å². The number of halogens is 1. The maximum absolute atomic E-state index is 12.6. The van der Waals surface area contributed by atoms with E-state index in [0.29, 0.717) is 6.54 Å². The van der Waals surface area contributed by atoms with Gasteiger partial charge in [-0.05, 0) is 60.6 Å². The Kier molecular flexibility index (Phi) is 6.90. The number of nitrogens with one attached hydrogen (secondary N) is 1. The van der Waals surface area contributed by atoms with Crippen molar-refractivity contribution in [3.8, 4) is 0 Å². The maximum Gasteiger partial charge on any atom is 0.226 e. The predicted octanol–water partition coefficient (Wildman–Crippen LogP) is 6.25. The monoisotopic (exact) mass is 451 g/mol. The summed E-state index contributed by atoms with van der Waals surface area (Å²) in [6, 6.07) is 12.7. The summed E-state index contributed by atoms with van der Waals surface area (Å²) in [4.78, 5) is 20.0. The fourth-order valence-electron chi connectivity index (χ4n) is 4.57. The maximum atomic E-state index is 12.6. The standard InChI is InChI=1S/C27H34ClN3O/c1-4-27(3,5-2)26(32)29-18-19-8-11-24(28)21(14-19)16-22-15-20-9-10-23(17-25(20)30-22)31-12-6-7-13-31/h8-11,14,17H,4-7,12-13,15-16,18H2,1-3H3,(H,29,32). The summed E-state index contributed by atoms with van der Waals surface area (Å²) in [6.07, 6.45) is 5.82. The minimum atomic E-state index is -0.312. The zero-order valence-corrected chi connectivity index (χ0v) is 20.3. The molecule has 32 heavy (non-hydrogen) atoms. The van der Waals surface area contributed by atoms with Gasteiger partial charge >= 0.3 is 0 Å². The number of benzene rings is 2. The summed E-state index contributed by atoms with van der Waals surface area (Å²) in [5.41, 5.74) is 6.65. The number of carbonyl (C=O) groups excluding carboxylic acids is 1. The Balaban J connectivity index is 1.43. The molecule has 0 aromatic heterocycles. The Morgan fingerprint density at radius 1 is 1.12 bits per heavy atom. The zero-order valence-electron chi connectivity index (χ0n) is 19.5. The van der Waals surface area contributed by atoms with E-state index in [9.17, 15) is 4.79 Å². The molecule has 2 aliphatic rings. The molecule has 1 N–H and O–H groups in total. The molecule has 4 rings (SSSR count). The number of aliphatic imine (C=N–C) groups is 1. The first kappa shape index (κ1) is 22.8. The molecule has 0 aliphatic carbocycles. The zero-order chi connectivity index (χ0) is 22.7. The molecule has 2 aromatic carbocycles. The average molecular weight is 452 g/mol. The molecule has 5 heteroatoms. The highest BCUT2D eigenvalue weighted by molar-refractivity contribution is 6.31. The molecule has 4 nitrogen and oxygen atoms in total. The fraction of sp³-hybridized carbons (Fsp3) is 0.481. The van der Waals surface area contributed by atoms with Crippen molar-refractivity contribution >= 4 is 34.6 Å². The number of amides is 1. The van der Waals surface area contributed by atoms with Crippen LogP contribution in [0.5, 0.6) is 0 Å². The molecule has 0 atom stereocenters. The Morgan fingerprint density at radius 2 is 1.88 bits per heavy atom. The molecule has 1 amide bonds. The molecule has 0 radical (unpaired) electrons. The second-order valence-corrected chi connectivity index (χ2v) is 9.82. The molecule has 2 aliphatic heterocycles. The summed E-state index contributed by atoms with van der Waals surface area (Å²) in [7, 11) is 0. The number of hydrogen-bond acceptors (Lipinski definition) is 3. The molecular weight excluding hydrogens is 418 g/mol. The third-order valence-electron chi connectivity index (χ3n) is 7.28. The fourth-order valence-corrected chi connectivity index (χ4v) is 4.75. The van der Waals surface area contributed by atoms with Gasteiger partial charge in [0.25, 0.3) is 0 Å². The minimum Gasteiger partial charge on any atom is -0.371 e. The highest BCUT2D eigenvalue weighted by atomic mass is 35.5. The Labute approximate surface area is 197 Å². The first-order valence-electron chi connectivity index (χ1n) is 11.9. The number of nitrogens with zero attached hydrogens (tertiary/aromatic N) is 2. The van der Waals surface area contributed by atoms with Gasteiger partial charge in [-0.3, -0.25) is 9.79 Å². The normalized spacial score (nSPS) is 15.6. The number of hydrogen-bond donors (Lipinski definition) is 1. The van der Waals surface area contributed by atoms with Gasteiger partial charge in [-0.1, -0.05) is 50.6 Å².